The van der Waals surface area contributed by atoms with E-state index in [0.29, 0.717) is 28.0 Å². The Morgan fingerprint density at radius 3 is 1.97 bits per heavy atom. The van der Waals surface area contributed by atoms with Gasteiger partial charge in [0.15, 0.2) is 5.75 Å². The van der Waals surface area contributed by atoms with Crippen molar-refractivity contribution in [2.45, 2.75) is 84.4 Å². The van der Waals surface area contributed by atoms with E-state index >= 15 is 0 Å². The van der Waals surface area contributed by atoms with Crippen molar-refractivity contribution in [2.24, 2.45) is 5.41 Å². The minimum Gasteiger partial charge on any atom is -0.488 e. The van der Waals surface area contributed by atoms with Gasteiger partial charge in [0.1, 0.15) is 21.0 Å². The molecule has 0 unspecified atom stereocenters. The van der Waals surface area contributed by atoms with Gasteiger partial charge in [0.05, 0.1) is 12.2 Å². The fraction of sp³-hybridized carbons (Fsp3) is 0.667. The van der Waals surface area contributed by atoms with Gasteiger partial charge in [-0.05, 0) is 89.1 Å². The molecular weight excluding hydrogens is 610 g/mol. The van der Waals surface area contributed by atoms with Crippen molar-refractivity contribution in [3.05, 3.63) is 21.5 Å². The number of imide groups is 1. The number of carbonyl (C=O) groups is 3. The summed E-state index contributed by atoms with van der Waals surface area (Å²) in [6.45, 7) is 10.1. The van der Waals surface area contributed by atoms with Gasteiger partial charge in [-0.2, -0.15) is 13.2 Å². The maximum absolute atomic E-state index is 12.7. The third-order valence-electron chi connectivity index (χ3n) is 5.62. The lowest BCUT2D eigenvalue weighted by molar-refractivity contribution is -0.205. The summed E-state index contributed by atoms with van der Waals surface area (Å²) >= 11 is 1.97. The molecule has 2 fully saturated rings. The number of nitrogens with zero attached hydrogens (tertiary/aromatic N) is 3. The van der Waals surface area contributed by atoms with E-state index < -0.39 is 35.5 Å². The molecule has 13 heteroatoms. The van der Waals surface area contributed by atoms with Crippen LogP contribution in [0, 0.1) is 9.12 Å². The van der Waals surface area contributed by atoms with Gasteiger partial charge in [-0.15, -0.1) is 0 Å². The van der Waals surface area contributed by atoms with Crippen LogP contribution in [0.4, 0.5) is 22.8 Å². The molecule has 1 aliphatic carbocycles. The molecule has 2 aliphatic rings. The van der Waals surface area contributed by atoms with Crippen molar-refractivity contribution < 1.29 is 41.8 Å². The van der Waals surface area contributed by atoms with Gasteiger partial charge in [-0.25, -0.2) is 19.5 Å². The summed E-state index contributed by atoms with van der Waals surface area (Å²) in [5.74, 6) is -1.32. The van der Waals surface area contributed by atoms with Gasteiger partial charge in [0.25, 0.3) is 0 Å². The Kier molecular flexibility index (Phi) is 7.98. The van der Waals surface area contributed by atoms with E-state index in [-0.39, 0.29) is 31.2 Å². The monoisotopic (exact) mass is 641 g/mol. The number of amides is 3. The lowest BCUT2D eigenvalue weighted by Gasteiger charge is -2.58. The summed E-state index contributed by atoms with van der Waals surface area (Å²) in [4.78, 5) is 42.8. The Morgan fingerprint density at radius 2 is 1.54 bits per heavy atom. The first-order chi connectivity index (χ1) is 16.8. The number of carbonyl (C=O) groups excluding carboxylic acids is 3. The van der Waals surface area contributed by atoms with Crippen LogP contribution in [-0.4, -0.2) is 69.4 Å². The lowest BCUT2D eigenvalue weighted by Crippen LogP contribution is -2.67. The Bertz CT molecular complexity index is 1030. The molecule has 9 nitrogen and oxygen atoms in total. The number of ether oxygens (including phenoxy) is 3. The Hall–Kier alpha value is -2.32. The van der Waals surface area contributed by atoms with Crippen LogP contribution >= 0.6 is 22.6 Å². The summed E-state index contributed by atoms with van der Waals surface area (Å²) < 4.78 is 54.9. The smallest absolute Gasteiger partial charge is 0.471 e. The third-order valence-corrected chi connectivity index (χ3v) is 6.39. The molecule has 0 bridgehead atoms. The second-order valence-electron chi connectivity index (χ2n) is 11.4. The zero-order chi connectivity index (χ0) is 28.0. The first kappa shape index (κ1) is 29.2. The fourth-order valence-electron chi connectivity index (χ4n) is 4.15. The molecular formula is C24H31F3IN3O6. The molecule has 206 valence electrons. The molecule has 0 atom stereocenters. The zero-order valence-electron chi connectivity index (χ0n) is 21.6. The number of hydrogen-bond acceptors (Lipinski definition) is 7. The van der Waals surface area contributed by atoms with Gasteiger partial charge in [-0.1, -0.05) is 0 Å². The SMILES string of the molecule is CC(C)(C)OC(=O)N(Cc1ccc(OC2CC3(C2)CN(C(=O)C(F)(F)F)C3)c(I)n1)C(=O)OC(C)(C)C. The van der Waals surface area contributed by atoms with Crippen molar-refractivity contribution in [1.82, 2.24) is 14.8 Å². The van der Waals surface area contributed by atoms with Crippen LogP contribution in [0.1, 0.15) is 60.1 Å². The fourth-order valence-corrected chi connectivity index (χ4v) is 4.77. The number of rotatable bonds is 4. The van der Waals surface area contributed by atoms with Crippen LogP contribution in [0.2, 0.25) is 0 Å². The van der Waals surface area contributed by atoms with Crippen molar-refractivity contribution in [2.75, 3.05) is 13.1 Å². The molecule has 1 saturated heterocycles. The van der Waals surface area contributed by atoms with Crippen LogP contribution in [0.15, 0.2) is 12.1 Å². The second-order valence-corrected chi connectivity index (χ2v) is 12.5. The van der Waals surface area contributed by atoms with Crippen LogP contribution in [0.25, 0.3) is 0 Å². The normalized spacial score (nSPS) is 17.5. The summed E-state index contributed by atoms with van der Waals surface area (Å²) in [6, 6.07) is 3.28. The lowest BCUT2D eigenvalue weighted by atomic mass is 9.61. The molecule has 1 spiro atoms. The molecule has 0 aromatic carbocycles. The topological polar surface area (TPSA) is 98.3 Å². The Morgan fingerprint density at radius 1 is 1.03 bits per heavy atom. The number of halogens is 4. The quantitative estimate of drug-likeness (QED) is 0.326. The van der Waals surface area contributed by atoms with E-state index in [1.54, 1.807) is 53.7 Å². The van der Waals surface area contributed by atoms with Crippen LogP contribution in [-0.2, 0) is 20.8 Å². The maximum atomic E-state index is 12.7. The van der Waals surface area contributed by atoms with Gasteiger partial charge in [0.2, 0.25) is 0 Å². The van der Waals surface area contributed by atoms with E-state index in [4.69, 9.17) is 14.2 Å². The van der Waals surface area contributed by atoms with E-state index in [1.807, 2.05) is 22.6 Å². The molecule has 1 saturated carbocycles. The molecule has 1 aliphatic heterocycles. The minimum absolute atomic E-state index is 0.0741. The van der Waals surface area contributed by atoms with Crippen molar-refractivity contribution in [3.63, 3.8) is 0 Å². The Balaban J connectivity index is 1.60. The highest BCUT2D eigenvalue weighted by atomic mass is 127. The number of alkyl halides is 3. The van der Waals surface area contributed by atoms with Crippen molar-refractivity contribution in [1.29, 1.82) is 0 Å². The summed E-state index contributed by atoms with van der Waals surface area (Å²) in [5.41, 5.74) is -1.58. The predicted octanol–water partition coefficient (Wildman–Crippen LogP) is 5.29. The molecule has 0 N–H and O–H groups in total. The molecule has 37 heavy (non-hydrogen) atoms. The number of pyridine rings is 1. The first-order valence-corrected chi connectivity index (χ1v) is 12.8. The van der Waals surface area contributed by atoms with Crippen LogP contribution in [0.3, 0.4) is 0 Å². The van der Waals surface area contributed by atoms with E-state index in [9.17, 15) is 27.6 Å². The molecule has 1 aromatic heterocycles. The zero-order valence-corrected chi connectivity index (χ0v) is 23.7. The highest BCUT2D eigenvalue weighted by Crippen LogP contribution is 2.50. The third kappa shape index (κ3) is 7.60. The van der Waals surface area contributed by atoms with E-state index in [1.165, 1.54) is 0 Å². The van der Waals surface area contributed by atoms with Gasteiger partial charge >= 0.3 is 24.3 Å². The largest absolute Gasteiger partial charge is 0.488 e. The van der Waals surface area contributed by atoms with Crippen LogP contribution < -0.4 is 4.74 Å². The van der Waals surface area contributed by atoms with Crippen LogP contribution in [0.5, 0.6) is 5.75 Å². The number of likely N-dealkylation sites (tertiary alicyclic amines) is 1. The maximum Gasteiger partial charge on any atom is 0.471 e. The Labute approximate surface area is 227 Å². The second kappa shape index (κ2) is 10.1. The van der Waals surface area contributed by atoms with E-state index in [0.717, 1.165) is 9.80 Å². The first-order valence-electron chi connectivity index (χ1n) is 11.7. The standard InChI is InChI=1S/C24H31F3IN3O6/c1-21(2,3)36-19(33)31(20(34)37-22(4,5)6)11-14-7-8-16(17(28)29-14)35-15-9-23(10-15)12-30(13-23)18(32)24(25,26)27/h7-8,15H,9-13H2,1-6H3. The molecule has 1 aromatic rings. The predicted molar refractivity (Wildman–Crippen MR) is 134 cm³/mol. The summed E-state index contributed by atoms with van der Waals surface area (Å²) in [7, 11) is 0. The van der Waals surface area contributed by atoms with Gasteiger partial charge in [0, 0.05) is 18.5 Å². The number of aromatic nitrogens is 1. The highest BCUT2D eigenvalue weighted by Gasteiger charge is 2.58. The molecule has 3 rings (SSSR count). The van der Waals surface area contributed by atoms with Crippen molar-refractivity contribution >= 4 is 40.7 Å². The highest BCUT2D eigenvalue weighted by molar-refractivity contribution is 14.1. The molecule has 2 heterocycles. The van der Waals surface area contributed by atoms with E-state index in [2.05, 4.69) is 4.98 Å². The summed E-state index contributed by atoms with van der Waals surface area (Å²) in [5, 5.41) is 0. The van der Waals surface area contributed by atoms with Gasteiger partial charge in [-0.3, -0.25) is 4.79 Å². The molecule has 3 amide bonds. The summed E-state index contributed by atoms with van der Waals surface area (Å²) in [6.07, 6.45) is -5.71. The number of hydrogen-bond donors (Lipinski definition) is 0. The van der Waals surface area contributed by atoms with Crippen molar-refractivity contribution in [3.8, 4) is 5.75 Å². The average molecular weight is 641 g/mol. The van der Waals surface area contributed by atoms with Gasteiger partial charge < -0.3 is 19.1 Å². The minimum atomic E-state index is -4.85. The molecule has 0 radical (unpaired) electrons. The average Bonchev–Trinajstić information content (AvgIpc) is 2.64.